The summed E-state index contributed by atoms with van der Waals surface area (Å²) in [7, 11) is 0. The van der Waals surface area contributed by atoms with Crippen molar-refractivity contribution in [3.05, 3.63) is 33.3 Å². The predicted molar refractivity (Wildman–Crippen MR) is 99.0 cm³/mol. The number of nitrogens with zero attached hydrogens (tertiary/aromatic N) is 1. The minimum atomic E-state index is -0.468. The Bertz CT molecular complexity index is 518. The molecule has 0 aromatic heterocycles. The standard InChI is InChI=1S/C17H26BrClN2O2/c1-5-9-21(16(22)23-17(2,3)4)10-8-20-12-13-6-7-14(18)15(19)11-13/h6-7,11,20H,5,8-10,12H2,1-4H3. The smallest absolute Gasteiger partial charge is 0.410 e. The number of amides is 1. The molecule has 1 rings (SSSR count). The van der Waals surface area contributed by atoms with Crippen LogP contribution in [0, 0.1) is 0 Å². The first-order valence-corrected chi connectivity index (χ1v) is 9.02. The second-order valence-electron chi connectivity index (χ2n) is 6.39. The SMILES string of the molecule is CCCN(CCNCc1ccc(Br)c(Cl)c1)C(=O)OC(C)(C)C. The number of hydrogen-bond donors (Lipinski definition) is 1. The van der Waals surface area contributed by atoms with Crippen LogP contribution in [0.4, 0.5) is 4.79 Å². The van der Waals surface area contributed by atoms with Gasteiger partial charge in [-0.25, -0.2) is 4.79 Å². The molecule has 0 unspecified atom stereocenters. The molecule has 0 spiro atoms. The summed E-state index contributed by atoms with van der Waals surface area (Å²) >= 11 is 9.45. The molecule has 0 fully saturated rings. The van der Waals surface area contributed by atoms with Gasteiger partial charge < -0.3 is 15.0 Å². The van der Waals surface area contributed by atoms with E-state index >= 15 is 0 Å². The van der Waals surface area contributed by atoms with Gasteiger partial charge in [0.1, 0.15) is 5.60 Å². The highest BCUT2D eigenvalue weighted by molar-refractivity contribution is 9.10. The molecular formula is C17H26BrClN2O2. The highest BCUT2D eigenvalue weighted by Gasteiger charge is 2.21. The van der Waals surface area contributed by atoms with Gasteiger partial charge in [-0.2, -0.15) is 0 Å². The third kappa shape index (κ3) is 8.04. The number of benzene rings is 1. The normalized spacial score (nSPS) is 11.4. The molecule has 4 nitrogen and oxygen atoms in total. The van der Waals surface area contributed by atoms with Crippen LogP contribution < -0.4 is 5.32 Å². The van der Waals surface area contributed by atoms with Crippen molar-refractivity contribution in [1.29, 1.82) is 0 Å². The highest BCUT2D eigenvalue weighted by Crippen LogP contribution is 2.23. The third-order valence-electron chi connectivity index (χ3n) is 3.02. The number of hydrogen-bond acceptors (Lipinski definition) is 3. The van der Waals surface area contributed by atoms with Crippen LogP contribution in [0.1, 0.15) is 39.7 Å². The average Bonchev–Trinajstić information content (AvgIpc) is 2.44. The second-order valence-corrected chi connectivity index (χ2v) is 7.65. The van der Waals surface area contributed by atoms with E-state index in [-0.39, 0.29) is 6.09 Å². The van der Waals surface area contributed by atoms with Crippen LogP contribution in [0.2, 0.25) is 5.02 Å². The summed E-state index contributed by atoms with van der Waals surface area (Å²) in [5.41, 5.74) is 0.641. The number of carbonyl (C=O) groups is 1. The molecule has 6 heteroatoms. The van der Waals surface area contributed by atoms with Crippen molar-refractivity contribution in [1.82, 2.24) is 10.2 Å². The number of nitrogens with one attached hydrogen (secondary N) is 1. The summed E-state index contributed by atoms with van der Waals surface area (Å²) in [6.07, 6.45) is 0.648. The van der Waals surface area contributed by atoms with Gasteiger partial charge in [-0.3, -0.25) is 0 Å². The van der Waals surface area contributed by atoms with Crippen LogP contribution in [0.15, 0.2) is 22.7 Å². The number of halogens is 2. The van der Waals surface area contributed by atoms with Gasteiger partial charge in [0.15, 0.2) is 0 Å². The Morgan fingerprint density at radius 2 is 2.04 bits per heavy atom. The monoisotopic (exact) mass is 404 g/mol. The first kappa shape index (κ1) is 20.3. The maximum atomic E-state index is 12.1. The van der Waals surface area contributed by atoms with Crippen LogP contribution in [0.3, 0.4) is 0 Å². The Hall–Kier alpha value is -0.780. The van der Waals surface area contributed by atoms with E-state index in [9.17, 15) is 4.79 Å². The van der Waals surface area contributed by atoms with Crippen LogP contribution in [-0.2, 0) is 11.3 Å². The summed E-state index contributed by atoms with van der Waals surface area (Å²) in [6, 6.07) is 5.88. The van der Waals surface area contributed by atoms with E-state index in [4.69, 9.17) is 16.3 Å². The molecule has 0 bridgehead atoms. The quantitative estimate of drug-likeness (QED) is 0.660. The van der Waals surface area contributed by atoms with E-state index < -0.39 is 5.60 Å². The molecular weight excluding hydrogens is 380 g/mol. The van der Waals surface area contributed by atoms with Crippen LogP contribution in [0.25, 0.3) is 0 Å². The molecule has 0 radical (unpaired) electrons. The van der Waals surface area contributed by atoms with Crippen LogP contribution >= 0.6 is 27.5 Å². The number of ether oxygens (including phenoxy) is 1. The summed E-state index contributed by atoms with van der Waals surface area (Å²) in [4.78, 5) is 13.9. The number of carbonyl (C=O) groups excluding carboxylic acids is 1. The summed E-state index contributed by atoms with van der Waals surface area (Å²) in [6.45, 7) is 10.4. The van der Waals surface area contributed by atoms with Crippen molar-refractivity contribution in [2.75, 3.05) is 19.6 Å². The summed E-state index contributed by atoms with van der Waals surface area (Å²) in [5, 5.41) is 4.03. The van der Waals surface area contributed by atoms with Gasteiger partial charge in [0.05, 0.1) is 5.02 Å². The third-order valence-corrected chi connectivity index (χ3v) is 4.25. The Morgan fingerprint density at radius 1 is 1.35 bits per heavy atom. The molecule has 23 heavy (non-hydrogen) atoms. The molecule has 0 aliphatic rings. The van der Waals surface area contributed by atoms with Crippen LogP contribution in [-0.4, -0.2) is 36.2 Å². The molecule has 130 valence electrons. The predicted octanol–water partition coefficient (Wildman–Crippen LogP) is 4.84. The van der Waals surface area contributed by atoms with E-state index in [2.05, 4.69) is 28.2 Å². The fraction of sp³-hybridized carbons (Fsp3) is 0.588. The Kier molecular flexibility index (Phi) is 8.37. The van der Waals surface area contributed by atoms with E-state index in [0.29, 0.717) is 31.2 Å². The zero-order valence-corrected chi connectivity index (χ0v) is 16.6. The van der Waals surface area contributed by atoms with E-state index in [1.54, 1.807) is 4.90 Å². The van der Waals surface area contributed by atoms with Crippen molar-refractivity contribution in [2.24, 2.45) is 0 Å². The summed E-state index contributed by atoms with van der Waals surface area (Å²) < 4.78 is 6.32. The molecule has 0 aliphatic carbocycles. The fourth-order valence-corrected chi connectivity index (χ4v) is 2.44. The highest BCUT2D eigenvalue weighted by atomic mass is 79.9. The van der Waals surface area contributed by atoms with Crippen LogP contribution in [0.5, 0.6) is 0 Å². The molecule has 0 aliphatic heterocycles. The molecule has 0 atom stereocenters. The number of rotatable bonds is 7. The van der Waals surface area contributed by atoms with Crippen molar-refractivity contribution in [2.45, 2.75) is 46.3 Å². The molecule has 0 saturated carbocycles. The van der Waals surface area contributed by atoms with Crippen molar-refractivity contribution in [3.8, 4) is 0 Å². The van der Waals surface area contributed by atoms with Gasteiger partial charge in [0.25, 0.3) is 0 Å². The first-order chi connectivity index (χ1) is 10.7. The zero-order chi connectivity index (χ0) is 17.5. The minimum absolute atomic E-state index is 0.257. The zero-order valence-electron chi connectivity index (χ0n) is 14.3. The first-order valence-electron chi connectivity index (χ1n) is 7.85. The lowest BCUT2D eigenvalue weighted by Crippen LogP contribution is -2.40. The lowest BCUT2D eigenvalue weighted by molar-refractivity contribution is 0.0252. The average molecular weight is 406 g/mol. The van der Waals surface area contributed by atoms with Crippen molar-refractivity contribution < 1.29 is 9.53 Å². The van der Waals surface area contributed by atoms with Gasteiger partial charge in [0.2, 0.25) is 0 Å². The Morgan fingerprint density at radius 3 is 2.61 bits per heavy atom. The van der Waals surface area contributed by atoms with Gasteiger partial charge in [-0.15, -0.1) is 0 Å². The molecule has 1 aromatic rings. The molecule has 1 amide bonds. The van der Waals surface area contributed by atoms with Crippen molar-refractivity contribution in [3.63, 3.8) is 0 Å². The fourth-order valence-electron chi connectivity index (χ4n) is 1.99. The topological polar surface area (TPSA) is 41.6 Å². The second kappa shape index (κ2) is 9.50. The van der Waals surface area contributed by atoms with Gasteiger partial charge in [0, 0.05) is 30.7 Å². The summed E-state index contributed by atoms with van der Waals surface area (Å²) in [5.74, 6) is 0. The van der Waals surface area contributed by atoms with E-state index in [1.807, 2.05) is 39.0 Å². The van der Waals surface area contributed by atoms with Gasteiger partial charge in [-0.1, -0.05) is 24.6 Å². The lowest BCUT2D eigenvalue weighted by atomic mass is 10.2. The van der Waals surface area contributed by atoms with Gasteiger partial charge in [-0.05, 0) is 60.8 Å². The molecule has 1 N–H and O–H groups in total. The lowest BCUT2D eigenvalue weighted by Gasteiger charge is -2.27. The van der Waals surface area contributed by atoms with Crippen molar-refractivity contribution >= 4 is 33.6 Å². The van der Waals surface area contributed by atoms with E-state index in [1.165, 1.54) is 0 Å². The molecule has 0 heterocycles. The maximum Gasteiger partial charge on any atom is 0.410 e. The Labute approximate surface area is 152 Å². The minimum Gasteiger partial charge on any atom is -0.444 e. The Balaban J connectivity index is 2.43. The largest absolute Gasteiger partial charge is 0.444 e. The molecule has 1 aromatic carbocycles. The van der Waals surface area contributed by atoms with E-state index in [0.717, 1.165) is 16.5 Å². The van der Waals surface area contributed by atoms with Gasteiger partial charge >= 0.3 is 6.09 Å². The maximum absolute atomic E-state index is 12.1. The molecule has 0 saturated heterocycles.